The van der Waals surface area contributed by atoms with E-state index < -0.39 is 0 Å². The minimum atomic E-state index is -0.368. The number of nitrogens with zero attached hydrogens (tertiary/aromatic N) is 2. The summed E-state index contributed by atoms with van der Waals surface area (Å²) in [7, 11) is 0. The number of nitriles is 1. The number of likely N-dealkylation sites (tertiary alicyclic amines) is 1. The van der Waals surface area contributed by atoms with E-state index in [0.717, 1.165) is 17.3 Å². The molecule has 0 bridgehead atoms. The zero-order valence-electron chi connectivity index (χ0n) is 13.0. The van der Waals surface area contributed by atoms with Crippen LogP contribution in [0.3, 0.4) is 0 Å². The van der Waals surface area contributed by atoms with Crippen molar-refractivity contribution in [1.82, 2.24) is 15.2 Å². The summed E-state index contributed by atoms with van der Waals surface area (Å²) >= 11 is 3.31. The van der Waals surface area contributed by atoms with Gasteiger partial charge in [-0.1, -0.05) is 10.9 Å². The fourth-order valence-electron chi connectivity index (χ4n) is 2.75. The quantitative estimate of drug-likeness (QED) is 0.798. The third kappa shape index (κ3) is 3.72. The maximum atomic E-state index is 12.2. The van der Waals surface area contributed by atoms with Crippen LogP contribution in [0.4, 0.5) is 0 Å². The van der Waals surface area contributed by atoms with Gasteiger partial charge in [0.15, 0.2) is 0 Å². The molecular formula is C17H17CoN4O2-. The Hall–Kier alpha value is -2.43. The zero-order valence-corrected chi connectivity index (χ0v) is 14.0. The molecule has 7 heteroatoms. The second-order valence-corrected chi connectivity index (χ2v) is 5.23. The van der Waals surface area contributed by atoms with Crippen LogP contribution in [0.1, 0.15) is 23.2 Å². The first-order valence-corrected chi connectivity index (χ1v) is 8.12. The van der Waals surface area contributed by atoms with Crippen molar-refractivity contribution in [3.05, 3.63) is 36.0 Å². The van der Waals surface area contributed by atoms with Crippen LogP contribution in [0.5, 0.6) is 0 Å². The number of hydrogen-bond acceptors (Lipinski definition) is 3. The first kappa shape index (κ1) is 17.9. The van der Waals surface area contributed by atoms with Gasteiger partial charge in [0.05, 0.1) is 12.6 Å². The van der Waals surface area contributed by atoms with E-state index >= 15 is 0 Å². The molecular weight excluding hydrogens is 351 g/mol. The van der Waals surface area contributed by atoms with Crippen molar-refractivity contribution in [1.29, 1.82) is 5.26 Å². The SMILES string of the molecule is N#C[C@@H]1CCCN1C(=O)CNC(=O)c1c[nH]c2cc[c-]cc12.[CH2]=[Co]. The van der Waals surface area contributed by atoms with Gasteiger partial charge in [0.2, 0.25) is 11.8 Å². The van der Waals surface area contributed by atoms with Crippen molar-refractivity contribution < 1.29 is 24.9 Å². The van der Waals surface area contributed by atoms with Crippen molar-refractivity contribution in [2.45, 2.75) is 18.9 Å². The molecule has 3 rings (SSSR count). The predicted octanol–water partition coefficient (Wildman–Crippen LogP) is 1.18. The number of H-pyrrole nitrogens is 1. The molecule has 0 unspecified atom stereocenters. The van der Waals surface area contributed by atoms with E-state index in [-0.39, 0.29) is 24.4 Å². The Bertz CT molecular complexity index is 780. The number of benzene rings is 1. The fourth-order valence-corrected chi connectivity index (χ4v) is 2.75. The van der Waals surface area contributed by atoms with E-state index in [0.29, 0.717) is 18.5 Å². The van der Waals surface area contributed by atoms with E-state index in [2.05, 4.69) is 43.2 Å². The van der Waals surface area contributed by atoms with Gasteiger partial charge in [-0.05, 0) is 12.8 Å². The molecule has 1 saturated heterocycles. The molecule has 1 fully saturated rings. The molecule has 1 atom stereocenters. The van der Waals surface area contributed by atoms with E-state index in [1.165, 1.54) is 4.90 Å². The van der Waals surface area contributed by atoms with Crippen LogP contribution < -0.4 is 5.32 Å². The standard InChI is InChI=1S/C16H15N4O2.CH2.Co/c17-8-11-4-3-7-20(11)15(21)10-19-16(22)13-9-18-14-6-2-1-5-12(13)14;;/h2,5-6,9,11,18H,3-4,7,10H2,(H,19,22);1H2;/q-1;;/t11-;;/m0../s1. The van der Waals surface area contributed by atoms with Gasteiger partial charge in [0.1, 0.15) is 6.04 Å². The second-order valence-electron chi connectivity index (χ2n) is 5.23. The average molecular weight is 368 g/mol. The van der Waals surface area contributed by atoms with Crippen LogP contribution in [-0.2, 0) is 20.1 Å². The number of rotatable bonds is 3. The van der Waals surface area contributed by atoms with Gasteiger partial charge in [-0.25, -0.2) is 0 Å². The van der Waals surface area contributed by atoms with Crippen LogP contribution in [0.15, 0.2) is 24.4 Å². The molecule has 0 radical (unpaired) electrons. The third-order valence-electron chi connectivity index (χ3n) is 3.89. The summed E-state index contributed by atoms with van der Waals surface area (Å²) in [4.78, 5) is 28.8. The average Bonchev–Trinajstić information content (AvgIpc) is 3.27. The fraction of sp³-hybridized carbons (Fsp3) is 0.294. The monoisotopic (exact) mass is 368 g/mol. The summed E-state index contributed by atoms with van der Waals surface area (Å²) in [6.07, 6.45) is 3.15. The van der Waals surface area contributed by atoms with E-state index in [1.807, 2.05) is 6.07 Å². The van der Waals surface area contributed by atoms with Crippen LogP contribution >= 0.6 is 0 Å². The molecule has 1 aromatic heterocycles. The molecule has 2 heterocycles. The van der Waals surface area contributed by atoms with Gasteiger partial charge in [0, 0.05) is 18.3 Å². The van der Waals surface area contributed by atoms with Crippen molar-refractivity contribution >= 4 is 28.2 Å². The van der Waals surface area contributed by atoms with E-state index in [1.54, 1.807) is 18.3 Å². The number of hydrogen-bond donors (Lipinski definition) is 2. The molecule has 6 nitrogen and oxygen atoms in total. The Morgan fingerprint density at radius 2 is 2.33 bits per heavy atom. The van der Waals surface area contributed by atoms with Crippen molar-refractivity contribution in [2.24, 2.45) is 0 Å². The van der Waals surface area contributed by atoms with Gasteiger partial charge in [-0.3, -0.25) is 9.59 Å². The number of carbonyl (C=O) groups is 2. The van der Waals surface area contributed by atoms with Gasteiger partial charge >= 0.3 is 20.8 Å². The number of fused-ring (bicyclic) bond motifs is 1. The topological polar surface area (TPSA) is 89.0 Å². The number of amides is 2. The molecule has 2 aromatic rings. The molecule has 127 valence electrons. The molecule has 24 heavy (non-hydrogen) atoms. The van der Waals surface area contributed by atoms with Gasteiger partial charge in [0.25, 0.3) is 0 Å². The Kier molecular flexibility index (Phi) is 6.29. The summed E-state index contributed by atoms with van der Waals surface area (Å²) < 4.78 is 0. The van der Waals surface area contributed by atoms with Gasteiger partial charge < -0.3 is 15.2 Å². The predicted molar refractivity (Wildman–Crippen MR) is 86.9 cm³/mol. The van der Waals surface area contributed by atoms with Crippen LogP contribution in [0.25, 0.3) is 10.9 Å². The third-order valence-corrected chi connectivity index (χ3v) is 3.89. The Morgan fingerprint density at radius 3 is 3.08 bits per heavy atom. The van der Waals surface area contributed by atoms with Crippen LogP contribution in [-0.4, -0.2) is 46.3 Å². The second kappa shape index (κ2) is 8.43. The van der Waals surface area contributed by atoms with Crippen molar-refractivity contribution in [3.63, 3.8) is 0 Å². The Balaban J connectivity index is 0.00000100. The number of aromatic nitrogens is 1. The maximum absolute atomic E-state index is 12.2. The molecule has 2 amide bonds. The molecule has 0 spiro atoms. The summed E-state index contributed by atoms with van der Waals surface area (Å²) in [5.41, 5.74) is 4.27. The Labute approximate surface area is 148 Å². The first-order valence-electron chi connectivity index (χ1n) is 7.39. The zero-order chi connectivity index (χ0) is 17.5. The minimum absolute atomic E-state index is 0.0970. The van der Waals surface area contributed by atoms with Crippen LogP contribution in [0.2, 0.25) is 0 Å². The summed E-state index contributed by atoms with van der Waals surface area (Å²) in [5, 5.41) is 12.4. The van der Waals surface area contributed by atoms with Gasteiger partial charge in [-0.15, -0.1) is 6.07 Å². The summed E-state index contributed by atoms with van der Waals surface area (Å²) in [5.74, 6) is -0.532. The number of nitrogens with one attached hydrogen (secondary N) is 2. The molecule has 0 aliphatic carbocycles. The first-order chi connectivity index (χ1) is 11.7. The van der Waals surface area contributed by atoms with Crippen LogP contribution in [0, 0.1) is 17.4 Å². The molecule has 1 aliphatic rings. The Morgan fingerprint density at radius 1 is 1.54 bits per heavy atom. The molecule has 1 aromatic carbocycles. The summed E-state index contributed by atoms with van der Waals surface area (Å²) in [6, 6.07) is 10.0. The van der Waals surface area contributed by atoms with Crippen molar-refractivity contribution in [3.8, 4) is 6.07 Å². The number of carbonyl (C=O) groups excluding carboxylic acids is 2. The number of aromatic amines is 1. The van der Waals surface area contributed by atoms with Crippen molar-refractivity contribution in [2.75, 3.05) is 13.1 Å². The normalized spacial score (nSPS) is 16.2. The van der Waals surface area contributed by atoms with E-state index in [9.17, 15) is 9.59 Å². The summed E-state index contributed by atoms with van der Waals surface area (Å²) in [6.45, 7) is 0.481. The molecule has 0 saturated carbocycles. The molecule has 1 aliphatic heterocycles. The van der Waals surface area contributed by atoms with Gasteiger partial charge in [-0.2, -0.15) is 23.5 Å². The van der Waals surface area contributed by atoms with E-state index in [4.69, 9.17) is 5.26 Å². The molecule has 2 N–H and O–H groups in total.